The first-order valence-corrected chi connectivity index (χ1v) is 8.89. The lowest BCUT2D eigenvalue weighted by Crippen LogP contribution is -2.11. The number of methoxy groups -OCH3 is 1. The van der Waals surface area contributed by atoms with Gasteiger partial charge in [-0.3, -0.25) is 14.6 Å². The molecule has 1 amide bonds. The first kappa shape index (κ1) is 18.4. The van der Waals surface area contributed by atoms with Crippen LogP contribution in [0.15, 0.2) is 67.0 Å². The van der Waals surface area contributed by atoms with Crippen LogP contribution in [-0.2, 0) is 6.54 Å². The van der Waals surface area contributed by atoms with Crippen LogP contribution in [0.4, 0.5) is 10.1 Å². The summed E-state index contributed by atoms with van der Waals surface area (Å²) in [6, 6.07) is 15.3. The van der Waals surface area contributed by atoms with Crippen molar-refractivity contribution in [2.24, 2.45) is 0 Å². The van der Waals surface area contributed by atoms with Gasteiger partial charge in [0.25, 0.3) is 5.91 Å². The van der Waals surface area contributed by atoms with Gasteiger partial charge in [0, 0.05) is 11.8 Å². The molecule has 0 aliphatic rings. The predicted molar refractivity (Wildman–Crippen MR) is 106 cm³/mol. The van der Waals surface area contributed by atoms with Crippen LogP contribution in [0, 0.1) is 5.82 Å². The third kappa shape index (κ3) is 4.32. The highest BCUT2D eigenvalue weighted by Crippen LogP contribution is 2.23. The molecule has 2 aromatic carbocycles. The Labute approximate surface area is 166 Å². The summed E-state index contributed by atoms with van der Waals surface area (Å²) in [7, 11) is 1.60. The van der Waals surface area contributed by atoms with Crippen molar-refractivity contribution in [3.63, 3.8) is 0 Å². The fourth-order valence-electron chi connectivity index (χ4n) is 2.86. The van der Waals surface area contributed by atoms with E-state index in [9.17, 15) is 9.18 Å². The average Bonchev–Trinajstić information content (AvgIpc) is 3.40. The molecule has 146 valence electrons. The van der Waals surface area contributed by atoms with Gasteiger partial charge in [0.2, 0.25) is 0 Å². The van der Waals surface area contributed by atoms with Crippen molar-refractivity contribution in [3.05, 3.63) is 84.1 Å². The Morgan fingerprint density at radius 1 is 1.21 bits per heavy atom. The van der Waals surface area contributed by atoms with Gasteiger partial charge in [0.1, 0.15) is 17.3 Å². The minimum atomic E-state index is -0.326. The second-order valence-electron chi connectivity index (χ2n) is 6.41. The van der Waals surface area contributed by atoms with Crippen LogP contribution in [0.25, 0.3) is 11.3 Å². The van der Waals surface area contributed by atoms with Crippen molar-refractivity contribution in [2.45, 2.75) is 6.54 Å². The van der Waals surface area contributed by atoms with Crippen molar-refractivity contribution in [1.82, 2.24) is 20.0 Å². The first-order valence-electron chi connectivity index (χ1n) is 8.89. The number of carbonyl (C=O) groups is 1. The van der Waals surface area contributed by atoms with Gasteiger partial charge in [-0.1, -0.05) is 24.3 Å². The van der Waals surface area contributed by atoms with Gasteiger partial charge in [-0.05, 0) is 35.9 Å². The number of nitrogens with zero attached hydrogens (tertiary/aromatic N) is 3. The molecule has 0 aliphatic carbocycles. The van der Waals surface area contributed by atoms with E-state index in [1.54, 1.807) is 42.4 Å². The number of H-pyrrole nitrogens is 1. The summed E-state index contributed by atoms with van der Waals surface area (Å²) in [4.78, 5) is 12.5. The van der Waals surface area contributed by atoms with E-state index in [-0.39, 0.29) is 11.7 Å². The summed E-state index contributed by atoms with van der Waals surface area (Å²) in [6.45, 7) is 0.472. The van der Waals surface area contributed by atoms with Crippen LogP contribution in [0.3, 0.4) is 0 Å². The number of ether oxygens (including phenoxy) is 1. The Balaban J connectivity index is 1.43. The van der Waals surface area contributed by atoms with Crippen molar-refractivity contribution in [1.29, 1.82) is 0 Å². The van der Waals surface area contributed by atoms with Crippen LogP contribution in [-0.4, -0.2) is 33.0 Å². The smallest absolute Gasteiger partial charge is 0.273 e. The molecule has 0 spiro atoms. The monoisotopic (exact) mass is 391 g/mol. The quantitative estimate of drug-likeness (QED) is 0.525. The highest BCUT2D eigenvalue weighted by atomic mass is 19.1. The van der Waals surface area contributed by atoms with E-state index < -0.39 is 0 Å². The fourth-order valence-corrected chi connectivity index (χ4v) is 2.86. The normalized spacial score (nSPS) is 10.7. The average molecular weight is 391 g/mol. The van der Waals surface area contributed by atoms with E-state index in [0.29, 0.717) is 29.4 Å². The van der Waals surface area contributed by atoms with E-state index in [1.807, 2.05) is 24.3 Å². The summed E-state index contributed by atoms with van der Waals surface area (Å²) in [6.07, 6.45) is 3.27. The van der Waals surface area contributed by atoms with E-state index in [1.165, 1.54) is 12.1 Å². The number of rotatable bonds is 6. The molecule has 0 unspecified atom stereocenters. The highest BCUT2D eigenvalue weighted by Gasteiger charge is 2.13. The first-order chi connectivity index (χ1) is 14.1. The van der Waals surface area contributed by atoms with Gasteiger partial charge < -0.3 is 10.1 Å². The fraction of sp³-hybridized carbons (Fsp3) is 0.0952. The van der Waals surface area contributed by atoms with Crippen LogP contribution in [0.5, 0.6) is 5.75 Å². The molecular formula is C21H18FN5O2. The Bertz CT molecular complexity index is 1130. The summed E-state index contributed by atoms with van der Waals surface area (Å²) in [5, 5.41) is 14.0. The number of hydrogen-bond donors (Lipinski definition) is 2. The van der Waals surface area contributed by atoms with Crippen LogP contribution in [0.1, 0.15) is 16.1 Å². The van der Waals surface area contributed by atoms with Crippen molar-refractivity contribution < 1.29 is 13.9 Å². The molecule has 7 nitrogen and oxygen atoms in total. The molecule has 2 N–H and O–H groups in total. The maximum absolute atomic E-state index is 13.0. The van der Waals surface area contributed by atoms with E-state index in [0.717, 1.165) is 11.1 Å². The van der Waals surface area contributed by atoms with Crippen molar-refractivity contribution in [3.8, 4) is 17.0 Å². The topological polar surface area (TPSA) is 84.8 Å². The minimum absolute atomic E-state index is 0.282. The zero-order valence-electron chi connectivity index (χ0n) is 15.6. The predicted octanol–water partition coefficient (Wildman–Crippen LogP) is 3.72. The van der Waals surface area contributed by atoms with Gasteiger partial charge >= 0.3 is 0 Å². The number of halogens is 1. The minimum Gasteiger partial charge on any atom is -0.497 e. The molecule has 29 heavy (non-hydrogen) atoms. The zero-order valence-corrected chi connectivity index (χ0v) is 15.6. The standard InChI is InChI=1S/C21H18FN5O2/c1-29-18-4-2-3-15(9-18)19-10-20(26-25-19)21(28)24-17-11-23-27(13-17)12-14-5-7-16(22)8-6-14/h2-11,13H,12H2,1H3,(H,24,28)(H,25,26). The number of anilines is 1. The van der Waals surface area contributed by atoms with E-state index in [2.05, 4.69) is 20.6 Å². The molecule has 0 saturated carbocycles. The van der Waals surface area contributed by atoms with Crippen molar-refractivity contribution >= 4 is 11.6 Å². The molecular weight excluding hydrogens is 373 g/mol. The van der Waals surface area contributed by atoms with E-state index >= 15 is 0 Å². The Kier molecular flexibility index (Phi) is 5.07. The molecule has 2 aromatic heterocycles. The number of carbonyl (C=O) groups excluding carboxylic acids is 1. The van der Waals surface area contributed by atoms with Gasteiger partial charge in [-0.25, -0.2) is 4.39 Å². The lowest BCUT2D eigenvalue weighted by molar-refractivity contribution is 0.102. The number of nitrogens with one attached hydrogen (secondary N) is 2. The van der Waals surface area contributed by atoms with Gasteiger partial charge in [-0.2, -0.15) is 10.2 Å². The number of aromatic nitrogens is 4. The van der Waals surface area contributed by atoms with Crippen LogP contribution >= 0.6 is 0 Å². The van der Waals surface area contributed by atoms with E-state index in [4.69, 9.17) is 4.74 Å². The third-order valence-corrected chi connectivity index (χ3v) is 4.34. The summed E-state index contributed by atoms with van der Waals surface area (Å²) >= 11 is 0. The van der Waals surface area contributed by atoms with Crippen LogP contribution < -0.4 is 10.1 Å². The number of aromatic amines is 1. The SMILES string of the molecule is COc1cccc(-c2cc(C(=O)Nc3cnn(Cc4ccc(F)cc4)c3)[nH]n2)c1. The number of hydrogen-bond acceptors (Lipinski definition) is 4. The second-order valence-corrected chi connectivity index (χ2v) is 6.41. The molecule has 8 heteroatoms. The molecule has 2 heterocycles. The van der Waals surface area contributed by atoms with Gasteiger partial charge in [0.05, 0.1) is 31.2 Å². The summed E-state index contributed by atoms with van der Waals surface area (Å²) in [5.41, 5.74) is 3.26. The molecule has 0 aliphatic heterocycles. The lowest BCUT2D eigenvalue weighted by atomic mass is 10.1. The maximum atomic E-state index is 13.0. The Morgan fingerprint density at radius 3 is 2.83 bits per heavy atom. The van der Waals surface area contributed by atoms with Crippen molar-refractivity contribution in [2.75, 3.05) is 12.4 Å². The Morgan fingerprint density at radius 2 is 2.03 bits per heavy atom. The molecule has 4 aromatic rings. The van der Waals surface area contributed by atoms with Gasteiger partial charge in [-0.15, -0.1) is 0 Å². The molecule has 0 radical (unpaired) electrons. The Hall–Kier alpha value is -3.94. The molecule has 0 bridgehead atoms. The highest BCUT2D eigenvalue weighted by molar-refractivity contribution is 6.03. The molecule has 0 atom stereocenters. The summed E-state index contributed by atoms with van der Waals surface area (Å²) in [5.74, 6) is 0.105. The lowest BCUT2D eigenvalue weighted by Gasteiger charge is -2.02. The third-order valence-electron chi connectivity index (χ3n) is 4.34. The molecule has 4 rings (SSSR count). The maximum Gasteiger partial charge on any atom is 0.273 e. The summed E-state index contributed by atoms with van der Waals surface area (Å²) < 4.78 is 19.9. The zero-order chi connectivity index (χ0) is 20.2. The largest absolute Gasteiger partial charge is 0.497 e. The second kappa shape index (κ2) is 7.97. The molecule has 0 saturated heterocycles. The number of benzene rings is 2. The number of amides is 1. The van der Waals surface area contributed by atoms with Crippen LogP contribution in [0.2, 0.25) is 0 Å². The van der Waals surface area contributed by atoms with Gasteiger partial charge in [0.15, 0.2) is 0 Å². The molecule has 0 fully saturated rings.